The zero-order chi connectivity index (χ0) is 17.1. The van der Waals surface area contributed by atoms with Gasteiger partial charge < -0.3 is 19.3 Å². The molecule has 0 unspecified atom stereocenters. The smallest absolute Gasteiger partial charge is 0.254 e. The third-order valence-electron chi connectivity index (χ3n) is 3.94. The first kappa shape index (κ1) is 16.9. The largest absolute Gasteiger partial charge is 0.493 e. The van der Waals surface area contributed by atoms with Crippen LogP contribution < -0.4 is 14.4 Å². The van der Waals surface area contributed by atoms with Gasteiger partial charge in [0.05, 0.1) is 19.2 Å². The maximum atomic E-state index is 12.8. The molecule has 6 nitrogen and oxygen atoms in total. The Kier molecular flexibility index (Phi) is 5.11. The molecule has 1 aromatic carbocycles. The third-order valence-corrected chi connectivity index (χ3v) is 5.05. The quantitative estimate of drug-likeness (QED) is 0.831. The standard InChI is InChI=1S/C16H18ClN3O3S/c1-22-13-10-11(9-12(17)14(13)23-2)15(21)19-4-6-20(7-5-19)16-18-3-8-24-16/h3,8-10H,4-7H2,1-2H3. The average molecular weight is 368 g/mol. The Morgan fingerprint density at radius 3 is 2.54 bits per heavy atom. The van der Waals surface area contributed by atoms with Gasteiger partial charge in [-0.3, -0.25) is 4.79 Å². The lowest BCUT2D eigenvalue weighted by atomic mass is 10.1. The Hall–Kier alpha value is -1.99. The Morgan fingerprint density at radius 2 is 1.96 bits per heavy atom. The minimum atomic E-state index is -0.0587. The molecule has 0 saturated carbocycles. The third kappa shape index (κ3) is 3.27. The summed E-state index contributed by atoms with van der Waals surface area (Å²) in [4.78, 5) is 21.1. The van der Waals surface area contributed by atoms with E-state index < -0.39 is 0 Å². The second-order valence-electron chi connectivity index (χ2n) is 5.29. The van der Waals surface area contributed by atoms with E-state index in [1.54, 1.807) is 29.7 Å². The highest BCUT2D eigenvalue weighted by molar-refractivity contribution is 7.13. The van der Waals surface area contributed by atoms with E-state index in [2.05, 4.69) is 9.88 Å². The molecule has 24 heavy (non-hydrogen) atoms. The van der Waals surface area contributed by atoms with Crippen LogP contribution in [0.2, 0.25) is 5.02 Å². The molecule has 1 aromatic heterocycles. The van der Waals surface area contributed by atoms with Gasteiger partial charge in [0.2, 0.25) is 0 Å². The maximum absolute atomic E-state index is 12.8. The zero-order valence-electron chi connectivity index (χ0n) is 13.5. The molecule has 1 fully saturated rings. The number of methoxy groups -OCH3 is 2. The summed E-state index contributed by atoms with van der Waals surface area (Å²) in [6, 6.07) is 3.29. The predicted molar refractivity (Wildman–Crippen MR) is 94.8 cm³/mol. The zero-order valence-corrected chi connectivity index (χ0v) is 15.1. The molecule has 0 spiro atoms. The van der Waals surface area contributed by atoms with Crippen molar-refractivity contribution < 1.29 is 14.3 Å². The predicted octanol–water partition coefficient (Wildman–Crippen LogP) is 2.78. The molecule has 0 aliphatic carbocycles. The summed E-state index contributed by atoms with van der Waals surface area (Å²) in [5, 5.41) is 3.32. The van der Waals surface area contributed by atoms with Gasteiger partial charge in [-0.1, -0.05) is 11.6 Å². The van der Waals surface area contributed by atoms with Crippen LogP contribution in [0.1, 0.15) is 10.4 Å². The van der Waals surface area contributed by atoms with Crippen molar-refractivity contribution in [1.82, 2.24) is 9.88 Å². The molecule has 2 heterocycles. The Balaban J connectivity index is 1.72. The van der Waals surface area contributed by atoms with E-state index in [0.717, 1.165) is 18.2 Å². The van der Waals surface area contributed by atoms with Gasteiger partial charge >= 0.3 is 0 Å². The number of carbonyl (C=O) groups excluding carboxylic acids is 1. The topological polar surface area (TPSA) is 54.9 Å². The van der Waals surface area contributed by atoms with Crippen molar-refractivity contribution in [1.29, 1.82) is 0 Å². The molecule has 2 aromatic rings. The van der Waals surface area contributed by atoms with Crippen molar-refractivity contribution in [3.05, 3.63) is 34.3 Å². The van der Waals surface area contributed by atoms with Gasteiger partial charge in [0.15, 0.2) is 16.6 Å². The van der Waals surface area contributed by atoms with Gasteiger partial charge in [-0.15, -0.1) is 11.3 Å². The maximum Gasteiger partial charge on any atom is 0.254 e. The molecule has 128 valence electrons. The van der Waals surface area contributed by atoms with Gasteiger partial charge in [0.25, 0.3) is 5.91 Å². The molecule has 8 heteroatoms. The summed E-state index contributed by atoms with van der Waals surface area (Å²) < 4.78 is 10.5. The van der Waals surface area contributed by atoms with Gasteiger partial charge in [-0.25, -0.2) is 4.98 Å². The number of ether oxygens (including phenoxy) is 2. The van der Waals surface area contributed by atoms with E-state index in [0.29, 0.717) is 35.2 Å². The Labute approximate surface area is 149 Å². The summed E-state index contributed by atoms with van der Waals surface area (Å²) in [6.45, 7) is 2.81. The number of anilines is 1. The number of carbonyl (C=O) groups is 1. The Morgan fingerprint density at radius 1 is 1.21 bits per heavy atom. The number of thiazole rings is 1. The monoisotopic (exact) mass is 367 g/mol. The van der Waals surface area contributed by atoms with E-state index in [-0.39, 0.29) is 5.91 Å². The van der Waals surface area contributed by atoms with Crippen LogP contribution in [0.4, 0.5) is 5.13 Å². The second kappa shape index (κ2) is 7.27. The molecule has 0 bridgehead atoms. The lowest BCUT2D eigenvalue weighted by Crippen LogP contribution is -2.48. The fourth-order valence-electron chi connectivity index (χ4n) is 2.70. The number of rotatable bonds is 4. The summed E-state index contributed by atoms with van der Waals surface area (Å²) in [6.07, 6.45) is 1.79. The van der Waals surface area contributed by atoms with Crippen molar-refractivity contribution in [3.8, 4) is 11.5 Å². The van der Waals surface area contributed by atoms with E-state index in [1.807, 2.05) is 10.3 Å². The van der Waals surface area contributed by atoms with Gasteiger partial charge in [-0.2, -0.15) is 0 Å². The molecular weight excluding hydrogens is 350 g/mol. The van der Waals surface area contributed by atoms with E-state index in [4.69, 9.17) is 21.1 Å². The van der Waals surface area contributed by atoms with Crippen LogP contribution in [0.15, 0.2) is 23.7 Å². The molecule has 0 radical (unpaired) electrons. The molecule has 1 aliphatic heterocycles. The minimum absolute atomic E-state index is 0.0587. The number of hydrogen-bond acceptors (Lipinski definition) is 6. The van der Waals surface area contributed by atoms with Gasteiger partial charge in [0, 0.05) is 43.3 Å². The minimum Gasteiger partial charge on any atom is -0.493 e. The summed E-state index contributed by atoms with van der Waals surface area (Å²) in [5.41, 5.74) is 0.500. The number of halogens is 1. The first-order valence-corrected chi connectivity index (χ1v) is 8.75. The number of aromatic nitrogens is 1. The van der Waals surface area contributed by atoms with Crippen molar-refractivity contribution in [2.45, 2.75) is 0 Å². The van der Waals surface area contributed by atoms with E-state index in [9.17, 15) is 4.79 Å². The number of nitrogens with zero attached hydrogens (tertiary/aromatic N) is 3. The lowest BCUT2D eigenvalue weighted by molar-refractivity contribution is 0.0746. The van der Waals surface area contributed by atoms with Crippen LogP contribution in [0.25, 0.3) is 0 Å². The fraction of sp³-hybridized carbons (Fsp3) is 0.375. The van der Waals surface area contributed by atoms with Crippen molar-refractivity contribution in [3.63, 3.8) is 0 Å². The molecule has 0 N–H and O–H groups in total. The molecular formula is C16H18ClN3O3S. The van der Waals surface area contributed by atoms with Gasteiger partial charge in [-0.05, 0) is 12.1 Å². The second-order valence-corrected chi connectivity index (χ2v) is 6.57. The Bertz CT molecular complexity index is 716. The molecule has 1 aliphatic rings. The summed E-state index contributed by atoms with van der Waals surface area (Å²) in [5.74, 6) is 0.829. The number of hydrogen-bond donors (Lipinski definition) is 0. The van der Waals surface area contributed by atoms with E-state index in [1.165, 1.54) is 14.2 Å². The first-order chi connectivity index (χ1) is 11.6. The molecule has 1 saturated heterocycles. The van der Waals surface area contributed by atoms with Crippen LogP contribution in [-0.4, -0.2) is 56.2 Å². The number of amides is 1. The van der Waals surface area contributed by atoms with Gasteiger partial charge in [0.1, 0.15) is 0 Å². The van der Waals surface area contributed by atoms with E-state index >= 15 is 0 Å². The molecule has 0 atom stereocenters. The average Bonchev–Trinajstić information content (AvgIpc) is 3.15. The van der Waals surface area contributed by atoms with Crippen molar-refractivity contribution in [2.24, 2.45) is 0 Å². The van der Waals surface area contributed by atoms with Crippen molar-refractivity contribution >= 4 is 34.0 Å². The number of benzene rings is 1. The van der Waals surface area contributed by atoms with Crippen LogP contribution in [0.5, 0.6) is 11.5 Å². The molecule has 1 amide bonds. The van der Waals surface area contributed by atoms with Crippen LogP contribution in [-0.2, 0) is 0 Å². The van der Waals surface area contributed by atoms with Crippen LogP contribution in [0, 0.1) is 0 Å². The van der Waals surface area contributed by atoms with Crippen molar-refractivity contribution in [2.75, 3.05) is 45.3 Å². The van der Waals surface area contributed by atoms with Crippen LogP contribution >= 0.6 is 22.9 Å². The summed E-state index contributed by atoms with van der Waals surface area (Å²) >= 11 is 7.81. The highest BCUT2D eigenvalue weighted by Gasteiger charge is 2.25. The highest BCUT2D eigenvalue weighted by Crippen LogP contribution is 2.36. The number of piperazine rings is 1. The lowest BCUT2D eigenvalue weighted by Gasteiger charge is -2.34. The SMILES string of the molecule is COc1cc(C(=O)N2CCN(c3nccs3)CC2)cc(Cl)c1OC. The first-order valence-electron chi connectivity index (χ1n) is 7.49. The summed E-state index contributed by atoms with van der Waals surface area (Å²) in [7, 11) is 3.04. The normalized spacial score (nSPS) is 14.6. The molecule has 3 rings (SSSR count). The highest BCUT2D eigenvalue weighted by atomic mass is 35.5. The van der Waals surface area contributed by atoms with Crippen LogP contribution in [0.3, 0.4) is 0 Å². The fourth-order valence-corrected chi connectivity index (χ4v) is 3.68.